The fraction of sp³-hybridized carbons (Fsp3) is 1.00. The third kappa shape index (κ3) is 3.56. The van der Waals surface area contributed by atoms with Crippen LogP contribution in [-0.2, 0) is 4.74 Å². The van der Waals surface area contributed by atoms with Gasteiger partial charge in [0, 0.05) is 25.7 Å². The Kier molecular flexibility index (Phi) is 5.45. The van der Waals surface area contributed by atoms with E-state index in [-0.39, 0.29) is 0 Å². The molecule has 1 rings (SSSR count). The fourth-order valence-electron chi connectivity index (χ4n) is 2.19. The second kappa shape index (κ2) is 6.38. The van der Waals surface area contributed by atoms with Crippen LogP contribution in [0.1, 0.15) is 26.7 Å². The molecule has 0 saturated carbocycles. The van der Waals surface area contributed by atoms with E-state index >= 15 is 0 Å². The van der Waals surface area contributed by atoms with Gasteiger partial charge in [-0.3, -0.25) is 4.90 Å². The number of hydrogen-bond acceptors (Lipinski definition) is 3. The summed E-state index contributed by atoms with van der Waals surface area (Å²) in [6.45, 7) is 8.80. The lowest BCUT2D eigenvalue weighted by molar-refractivity contribution is 0.165. The first-order valence-corrected chi connectivity index (χ1v) is 5.74. The van der Waals surface area contributed by atoms with Crippen molar-refractivity contribution in [1.82, 2.24) is 10.2 Å². The summed E-state index contributed by atoms with van der Waals surface area (Å²) in [5, 5.41) is 3.52. The fourth-order valence-corrected chi connectivity index (χ4v) is 2.19. The van der Waals surface area contributed by atoms with Crippen molar-refractivity contribution in [3.8, 4) is 0 Å². The zero-order chi connectivity index (χ0) is 10.4. The number of likely N-dealkylation sites (tertiary alicyclic amines) is 1. The largest absolute Gasteiger partial charge is 0.383 e. The molecule has 1 saturated heterocycles. The Balaban J connectivity index is 2.16. The van der Waals surface area contributed by atoms with E-state index in [0.29, 0.717) is 6.04 Å². The molecule has 0 amide bonds. The minimum Gasteiger partial charge on any atom is -0.383 e. The van der Waals surface area contributed by atoms with Gasteiger partial charge < -0.3 is 10.1 Å². The molecule has 0 aliphatic carbocycles. The molecule has 2 atom stereocenters. The van der Waals surface area contributed by atoms with Gasteiger partial charge in [0.2, 0.25) is 0 Å². The number of hydrogen-bond donors (Lipinski definition) is 1. The van der Waals surface area contributed by atoms with Crippen LogP contribution in [0.15, 0.2) is 0 Å². The number of ether oxygens (including phenoxy) is 1. The molecule has 1 N–H and O–H groups in total. The Morgan fingerprint density at radius 2 is 2.36 bits per heavy atom. The van der Waals surface area contributed by atoms with Gasteiger partial charge in [-0.15, -0.1) is 0 Å². The molecule has 0 bridgehead atoms. The number of likely N-dealkylation sites (N-methyl/N-ethyl adjacent to an activating group) is 1. The van der Waals surface area contributed by atoms with Crippen LogP contribution in [0.5, 0.6) is 0 Å². The van der Waals surface area contributed by atoms with Crippen LogP contribution < -0.4 is 5.32 Å². The van der Waals surface area contributed by atoms with Crippen molar-refractivity contribution in [1.29, 1.82) is 0 Å². The zero-order valence-corrected chi connectivity index (χ0v) is 9.75. The van der Waals surface area contributed by atoms with Crippen LogP contribution in [0, 0.1) is 0 Å². The Morgan fingerprint density at radius 1 is 1.57 bits per heavy atom. The normalized spacial score (nSPS) is 25.5. The average Bonchev–Trinajstić information content (AvgIpc) is 2.62. The van der Waals surface area contributed by atoms with Crippen molar-refractivity contribution in [3.05, 3.63) is 0 Å². The highest BCUT2D eigenvalue weighted by Crippen LogP contribution is 2.15. The van der Waals surface area contributed by atoms with E-state index in [9.17, 15) is 0 Å². The second-order valence-electron chi connectivity index (χ2n) is 4.19. The van der Waals surface area contributed by atoms with Crippen LogP contribution in [-0.4, -0.2) is 50.3 Å². The van der Waals surface area contributed by atoms with Crippen LogP contribution in [0.25, 0.3) is 0 Å². The predicted octanol–water partition coefficient (Wildman–Crippen LogP) is 1.10. The van der Waals surface area contributed by atoms with Gasteiger partial charge in [0.25, 0.3) is 0 Å². The predicted molar refractivity (Wildman–Crippen MR) is 59.6 cm³/mol. The van der Waals surface area contributed by atoms with Crippen molar-refractivity contribution >= 4 is 0 Å². The Hall–Kier alpha value is -0.120. The van der Waals surface area contributed by atoms with E-state index < -0.39 is 0 Å². The molecule has 0 unspecified atom stereocenters. The number of nitrogens with one attached hydrogen (secondary N) is 1. The molecular weight excluding hydrogens is 176 g/mol. The highest BCUT2D eigenvalue weighted by Gasteiger charge is 2.22. The third-order valence-corrected chi connectivity index (χ3v) is 3.02. The van der Waals surface area contributed by atoms with Gasteiger partial charge in [-0.25, -0.2) is 0 Å². The van der Waals surface area contributed by atoms with Gasteiger partial charge in [0.1, 0.15) is 0 Å². The topological polar surface area (TPSA) is 24.5 Å². The molecule has 14 heavy (non-hydrogen) atoms. The molecule has 84 valence electrons. The molecule has 1 fully saturated rings. The Morgan fingerprint density at radius 3 is 3.00 bits per heavy atom. The van der Waals surface area contributed by atoms with Crippen LogP contribution in [0.2, 0.25) is 0 Å². The standard InChI is InChI=1S/C11H24N2O/c1-4-13-7-5-6-11(13)8-12-10(2)9-14-3/h10-12H,4-9H2,1-3H3/t10-,11+/m1/s1. The van der Waals surface area contributed by atoms with Gasteiger partial charge in [-0.05, 0) is 32.9 Å². The lowest BCUT2D eigenvalue weighted by Crippen LogP contribution is -2.42. The monoisotopic (exact) mass is 200 g/mol. The molecule has 0 aromatic carbocycles. The molecule has 0 aromatic heterocycles. The highest BCUT2D eigenvalue weighted by atomic mass is 16.5. The molecule has 1 aliphatic rings. The van der Waals surface area contributed by atoms with Crippen molar-refractivity contribution in [2.75, 3.05) is 33.4 Å². The molecular formula is C11H24N2O. The van der Waals surface area contributed by atoms with Gasteiger partial charge in [-0.2, -0.15) is 0 Å². The molecule has 3 heteroatoms. The molecule has 0 aromatic rings. The van der Waals surface area contributed by atoms with Crippen molar-refractivity contribution in [2.24, 2.45) is 0 Å². The molecule has 1 aliphatic heterocycles. The van der Waals surface area contributed by atoms with E-state index in [0.717, 1.165) is 19.2 Å². The molecule has 3 nitrogen and oxygen atoms in total. The quantitative estimate of drug-likeness (QED) is 0.695. The average molecular weight is 200 g/mol. The van der Waals surface area contributed by atoms with E-state index in [2.05, 4.69) is 24.1 Å². The summed E-state index contributed by atoms with van der Waals surface area (Å²) < 4.78 is 5.10. The van der Waals surface area contributed by atoms with Gasteiger partial charge >= 0.3 is 0 Å². The summed E-state index contributed by atoms with van der Waals surface area (Å²) in [5.41, 5.74) is 0. The minimum atomic E-state index is 0.472. The van der Waals surface area contributed by atoms with Gasteiger partial charge in [-0.1, -0.05) is 6.92 Å². The summed E-state index contributed by atoms with van der Waals surface area (Å²) in [6.07, 6.45) is 2.71. The maximum atomic E-state index is 5.10. The third-order valence-electron chi connectivity index (χ3n) is 3.02. The minimum absolute atomic E-state index is 0.472. The maximum absolute atomic E-state index is 5.10. The number of methoxy groups -OCH3 is 1. The van der Waals surface area contributed by atoms with Gasteiger partial charge in [0.05, 0.1) is 6.61 Å². The second-order valence-corrected chi connectivity index (χ2v) is 4.19. The molecule has 1 heterocycles. The SMILES string of the molecule is CCN1CCC[C@H]1CN[C@H](C)COC. The van der Waals surface area contributed by atoms with Gasteiger partial charge in [0.15, 0.2) is 0 Å². The summed E-state index contributed by atoms with van der Waals surface area (Å²) >= 11 is 0. The highest BCUT2D eigenvalue weighted by molar-refractivity contribution is 4.80. The van der Waals surface area contributed by atoms with E-state index in [4.69, 9.17) is 4.74 Å². The smallest absolute Gasteiger partial charge is 0.0613 e. The Bertz CT molecular complexity index is 152. The summed E-state index contributed by atoms with van der Waals surface area (Å²) in [5.74, 6) is 0. The first-order chi connectivity index (χ1) is 6.77. The zero-order valence-electron chi connectivity index (χ0n) is 9.75. The van der Waals surface area contributed by atoms with Crippen LogP contribution in [0.4, 0.5) is 0 Å². The maximum Gasteiger partial charge on any atom is 0.0613 e. The first-order valence-electron chi connectivity index (χ1n) is 5.74. The number of rotatable bonds is 6. The van der Waals surface area contributed by atoms with Crippen LogP contribution >= 0.6 is 0 Å². The van der Waals surface area contributed by atoms with E-state index in [1.54, 1.807) is 7.11 Å². The number of nitrogens with zero attached hydrogens (tertiary/aromatic N) is 1. The lowest BCUT2D eigenvalue weighted by atomic mass is 10.2. The van der Waals surface area contributed by atoms with Crippen molar-refractivity contribution in [3.63, 3.8) is 0 Å². The van der Waals surface area contributed by atoms with Crippen molar-refractivity contribution < 1.29 is 4.74 Å². The lowest BCUT2D eigenvalue weighted by Gasteiger charge is -2.24. The van der Waals surface area contributed by atoms with E-state index in [1.807, 2.05) is 0 Å². The summed E-state index contributed by atoms with van der Waals surface area (Å²) in [4.78, 5) is 2.56. The molecule has 0 radical (unpaired) electrons. The Labute approximate surface area is 87.8 Å². The van der Waals surface area contributed by atoms with Crippen molar-refractivity contribution in [2.45, 2.75) is 38.8 Å². The first kappa shape index (κ1) is 12.0. The molecule has 0 spiro atoms. The van der Waals surface area contributed by atoms with Crippen LogP contribution in [0.3, 0.4) is 0 Å². The summed E-state index contributed by atoms with van der Waals surface area (Å²) in [6, 6.07) is 1.22. The summed E-state index contributed by atoms with van der Waals surface area (Å²) in [7, 11) is 1.76. The van der Waals surface area contributed by atoms with E-state index in [1.165, 1.54) is 25.9 Å².